The predicted molar refractivity (Wildman–Crippen MR) is 91.6 cm³/mol. The lowest BCUT2D eigenvalue weighted by Gasteiger charge is -2.24. The number of methoxy groups -OCH3 is 1. The van der Waals surface area contributed by atoms with Crippen LogP contribution in [0, 0.1) is 0 Å². The molecule has 5 heteroatoms. The molecule has 21 heavy (non-hydrogen) atoms. The van der Waals surface area contributed by atoms with E-state index in [1.165, 1.54) is 0 Å². The highest BCUT2D eigenvalue weighted by molar-refractivity contribution is 9.10. The number of rotatable bonds is 5. The van der Waals surface area contributed by atoms with E-state index in [1.807, 2.05) is 42.5 Å². The first-order valence-corrected chi connectivity index (χ1v) is 8.13. The number of benzene rings is 2. The van der Waals surface area contributed by atoms with Crippen LogP contribution in [0.3, 0.4) is 0 Å². The SMILES string of the molecule is COc1cc(Br)ccc1C(O)C(CN)c1ccccc1Br. The molecule has 3 nitrogen and oxygen atoms in total. The minimum atomic E-state index is -0.739. The second kappa shape index (κ2) is 7.40. The van der Waals surface area contributed by atoms with Crippen LogP contribution >= 0.6 is 31.9 Å². The number of nitrogens with two attached hydrogens (primary N) is 1. The Balaban J connectivity index is 2.41. The Labute approximate surface area is 141 Å². The van der Waals surface area contributed by atoms with Crippen LogP contribution < -0.4 is 10.5 Å². The predicted octanol–water partition coefficient (Wildman–Crippen LogP) is 4.00. The monoisotopic (exact) mass is 413 g/mol. The van der Waals surface area contributed by atoms with Crippen LogP contribution in [0.5, 0.6) is 5.75 Å². The van der Waals surface area contributed by atoms with Crippen molar-refractivity contribution in [2.75, 3.05) is 13.7 Å². The molecule has 2 unspecified atom stereocenters. The number of hydrogen-bond acceptors (Lipinski definition) is 3. The van der Waals surface area contributed by atoms with Crippen LogP contribution in [-0.2, 0) is 0 Å². The summed E-state index contributed by atoms with van der Waals surface area (Å²) in [5, 5.41) is 10.8. The van der Waals surface area contributed by atoms with Gasteiger partial charge in [0, 0.05) is 27.0 Å². The lowest BCUT2D eigenvalue weighted by Crippen LogP contribution is -2.21. The van der Waals surface area contributed by atoms with E-state index in [-0.39, 0.29) is 5.92 Å². The minimum Gasteiger partial charge on any atom is -0.496 e. The molecule has 2 aromatic carbocycles. The first kappa shape index (κ1) is 16.5. The van der Waals surface area contributed by atoms with Crippen LogP contribution in [0.25, 0.3) is 0 Å². The third-order valence-corrected chi connectivity index (χ3v) is 4.67. The lowest BCUT2D eigenvalue weighted by molar-refractivity contribution is 0.143. The average molecular weight is 415 g/mol. The number of aliphatic hydroxyl groups excluding tert-OH is 1. The molecule has 0 amide bonds. The van der Waals surface area contributed by atoms with Gasteiger partial charge in [0.05, 0.1) is 13.2 Å². The highest BCUT2D eigenvalue weighted by atomic mass is 79.9. The molecule has 0 bridgehead atoms. The fourth-order valence-corrected chi connectivity index (χ4v) is 3.27. The molecular weight excluding hydrogens is 398 g/mol. The van der Waals surface area contributed by atoms with Gasteiger partial charge in [0.25, 0.3) is 0 Å². The molecule has 0 saturated heterocycles. The van der Waals surface area contributed by atoms with Gasteiger partial charge in [-0.2, -0.15) is 0 Å². The second-order valence-electron chi connectivity index (χ2n) is 4.69. The highest BCUT2D eigenvalue weighted by Gasteiger charge is 2.25. The van der Waals surface area contributed by atoms with Gasteiger partial charge >= 0.3 is 0 Å². The molecule has 2 aromatic rings. The smallest absolute Gasteiger partial charge is 0.125 e. The molecule has 0 spiro atoms. The summed E-state index contributed by atoms with van der Waals surface area (Å²) in [5.41, 5.74) is 7.61. The van der Waals surface area contributed by atoms with Crippen LogP contribution in [0.15, 0.2) is 51.4 Å². The van der Waals surface area contributed by atoms with Gasteiger partial charge in [-0.15, -0.1) is 0 Å². The van der Waals surface area contributed by atoms with Crippen molar-refractivity contribution in [1.29, 1.82) is 0 Å². The molecule has 0 aromatic heterocycles. The Kier molecular flexibility index (Phi) is 5.81. The quantitative estimate of drug-likeness (QED) is 0.777. The standard InChI is InChI=1S/C16H17Br2NO2/c1-21-15-8-10(17)6-7-12(15)16(20)13(9-19)11-4-2-3-5-14(11)18/h2-8,13,16,20H,9,19H2,1H3. The zero-order chi connectivity index (χ0) is 15.4. The van der Waals surface area contributed by atoms with Crippen molar-refractivity contribution in [3.05, 3.63) is 62.5 Å². The van der Waals surface area contributed by atoms with Gasteiger partial charge in [-0.25, -0.2) is 0 Å². The molecule has 0 aliphatic heterocycles. The van der Waals surface area contributed by atoms with Crippen molar-refractivity contribution >= 4 is 31.9 Å². The Hall–Kier alpha value is -0.880. The second-order valence-corrected chi connectivity index (χ2v) is 6.46. The lowest BCUT2D eigenvalue weighted by atomic mass is 9.89. The van der Waals surface area contributed by atoms with Crippen LogP contribution in [0.2, 0.25) is 0 Å². The van der Waals surface area contributed by atoms with Crippen molar-refractivity contribution in [2.45, 2.75) is 12.0 Å². The van der Waals surface area contributed by atoms with Gasteiger partial charge in [-0.1, -0.05) is 56.1 Å². The van der Waals surface area contributed by atoms with Crippen LogP contribution in [0.1, 0.15) is 23.1 Å². The molecule has 112 valence electrons. The van der Waals surface area contributed by atoms with E-state index in [4.69, 9.17) is 10.5 Å². The first-order valence-electron chi connectivity index (χ1n) is 6.54. The third kappa shape index (κ3) is 3.66. The van der Waals surface area contributed by atoms with Crippen molar-refractivity contribution in [2.24, 2.45) is 5.73 Å². The normalized spacial score (nSPS) is 13.8. The molecular formula is C16H17Br2NO2. The summed E-state index contributed by atoms with van der Waals surface area (Å²) < 4.78 is 7.21. The highest BCUT2D eigenvalue weighted by Crippen LogP contribution is 2.38. The summed E-state index contributed by atoms with van der Waals surface area (Å²) in [6, 6.07) is 13.4. The van der Waals surface area contributed by atoms with E-state index < -0.39 is 6.10 Å². The summed E-state index contributed by atoms with van der Waals surface area (Å²) in [4.78, 5) is 0. The van der Waals surface area contributed by atoms with Crippen LogP contribution in [0.4, 0.5) is 0 Å². The molecule has 2 rings (SSSR count). The molecule has 0 aliphatic rings. The van der Waals surface area contributed by atoms with E-state index in [0.717, 1.165) is 20.1 Å². The molecule has 0 radical (unpaired) electrons. The van der Waals surface area contributed by atoms with Crippen molar-refractivity contribution < 1.29 is 9.84 Å². The maximum Gasteiger partial charge on any atom is 0.125 e. The molecule has 0 saturated carbocycles. The average Bonchev–Trinajstić information content (AvgIpc) is 2.49. The van der Waals surface area contributed by atoms with Crippen LogP contribution in [-0.4, -0.2) is 18.8 Å². The maximum atomic E-state index is 10.8. The summed E-state index contributed by atoms with van der Waals surface area (Å²) in [6.45, 7) is 0.336. The van der Waals surface area contributed by atoms with E-state index >= 15 is 0 Å². The first-order chi connectivity index (χ1) is 10.1. The van der Waals surface area contributed by atoms with Gasteiger partial charge in [0.15, 0.2) is 0 Å². The van der Waals surface area contributed by atoms with Gasteiger partial charge in [0.1, 0.15) is 5.75 Å². The van der Waals surface area contributed by atoms with Gasteiger partial charge in [-0.3, -0.25) is 0 Å². The number of halogens is 2. The Morgan fingerprint density at radius 2 is 1.86 bits per heavy atom. The van der Waals surface area contributed by atoms with Crippen molar-refractivity contribution in [1.82, 2.24) is 0 Å². The Morgan fingerprint density at radius 1 is 1.14 bits per heavy atom. The third-order valence-electron chi connectivity index (χ3n) is 3.45. The molecule has 0 fully saturated rings. The van der Waals surface area contributed by atoms with E-state index in [2.05, 4.69) is 31.9 Å². The molecule has 3 N–H and O–H groups in total. The molecule has 0 aliphatic carbocycles. The van der Waals surface area contributed by atoms with E-state index in [0.29, 0.717) is 12.3 Å². The zero-order valence-corrected chi connectivity index (χ0v) is 14.8. The fraction of sp³-hybridized carbons (Fsp3) is 0.250. The largest absolute Gasteiger partial charge is 0.496 e. The van der Waals surface area contributed by atoms with Gasteiger partial charge < -0.3 is 15.6 Å². The Morgan fingerprint density at radius 3 is 2.48 bits per heavy atom. The van der Waals surface area contributed by atoms with Crippen molar-refractivity contribution in [3.63, 3.8) is 0 Å². The zero-order valence-electron chi connectivity index (χ0n) is 11.6. The minimum absolute atomic E-state index is 0.212. The van der Waals surface area contributed by atoms with Gasteiger partial charge in [-0.05, 0) is 23.8 Å². The summed E-state index contributed by atoms with van der Waals surface area (Å²) in [7, 11) is 1.59. The topological polar surface area (TPSA) is 55.5 Å². The fourth-order valence-electron chi connectivity index (χ4n) is 2.35. The summed E-state index contributed by atoms with van der Waals surface area (Å²) in [6.07, 6.45) is -0.739. The molecule has 0 heterocycles. The summed E-state index contributed by atoms with van der Waals surface area (Å²) in [5.74, 6) is 0.429. The number of hydrogen-bond donors (Lipinski definition) is 2. The maximum absolute atomic E-state index is 10.8. The number of aliphatic hydroxyl groups is 1. The van der Waals surface area contributed by atoms with Crippen molar-refractivity contribution in [3.8, 4) is 5.75 Å². The van der Waals surface area contributed by atoms with E-state index in [9.17, 15) is 5.11 Å². The summed E-state index contributed by atoms with van der Waals surface area (Å²) >= 11 is 6.92. The number of ether oxygens (including phenoxy) is 1. The molecule has 2 atom stereocenters. The Bertz CT molecular complexity index is 619. The van der Waals surface area contributed by atoms with Gasteiger partial charge in [0.2, 0.25) is 0 Å². The van der Waals surface area contributed by atoms with E-state index in [1.54, 1.807) is 7.11 Å².